The van der Waals surface area contributed by atoms with Crippen molar-refractivity contribution in [3.63, 3.8) is 0 Å². The highest BCUT2D eigenvalue weighted by Crippen LogP contribution is 2.31. The van der Waals surface area contributed by atoms with Gasteiger partial charge in [-0.05, 0) is 53.6 Å². The molecule has 3 aromatic carbocycles. The Morgan fingerprint density at radius 2 is 1.84 bits per heavy atom. The first-order chi connectivity index (χ1) is 15.7. The summed E-state index contributed by atoms with van der Waals surface area (Å²) in [4.78, 5) is 12.8. The molecule has 0 aliphatic rings. The van der Waals surface area contributed by atoms with Gasteiger partial charge in [0.25, 0.3) is 5.91 Å². The molecule has 0 bridgehead atoms. The fourth-order valence-electron chi connectivity index (χ4n) is 3.67. The molecule has 0 atom stereocenters. The zero-order valence-electron chi connectivity index (χ0n) is 17.4. The molecule has 0 aliphatic heterocycles. The first-order valence-corrected chi connectivity index (χ1v) is 10.2. The molecule has 0 spiro atoms. The molecule has 156 valence electrons. The van der Waals surface area contributed by atoms with Gasteiger partial charge in [-0.25, -0.2) is 10.1 Å². The van der Waals surface area contributed by atoms with Crippen LogP contribution in [-0.2, 0) is 0 Å². The topological polar surface area (TPSA) is 72.4 Å². The summed E-state index contributed by atoms with van der Waals surface area (Å²) in [6.07, 6.45) is 2.99. The number of fused-ring (bicyclic) bond motifs is 1. The molecule has 0 saturated heterocycles. The maximum atomic E-state index is 12.8. The molecule has 32 heavy (non-hydrogen) atoms. The van der Waals surface area contributed by atoms with Crippen molar-refractivity contribution < 1.29 is 9.21 Å². The Kier molecular flexibility index (Phi) is 5.09. The van der Waals surface area contributed by atoms with Crippen LogP contribution in [0.4, 0.5) is 0 Å². The highest BCUT2D eigenvalue weighted by molar-refractivity contribution is 5.99. The van der Waals surface area contributed by atoms with E-state index in [0.717, 1.165) is 33.3 Å². The Morgan fingerprint density at radius 3 is 2.69 bits per heavy atom. The van der Waals surface area contributed by atoms with E-state index in [2.05, 4.69) is 33.8 Å². The minimum absolute atomic E-state index is 0.269. The monoisotopic (exact) mass is 420 g/mol. The van der Waals surface area contributed by atoms with Crippen molar-refractivity contribution in [3.05, 3.63) is 108 Å². The molecule has 0 fully saturated rings. The highest BCUT2D eigenvalue weighted by atomic mass is 16.3. The number of nitrogens with one attached hydrogen (secondary N) is 1. The molecule has 1 amide bonds. The third-order valence-electron chi connectivity index (χ3n) is 5.15. The normalized spacial score (nSPS) is 11.3. The van der Waals surface area contributed by atoms with E-state index < -0.39 is 5.91 Å². The Balaban J connectivity index is 1.59. The van der Waals surface area contributed by atoms with Crippen LogP contribution < -0.4 is 5.43 Å². The third kappa shape index (κ3) is 3.81. The van der Waals surface area contributed by atoms with Crippen LogP contribution in [0, 0.1) is 6.92 Å². The second-order valence-corrected chi connectivity index (χ2v) is 7.41. The van der Waals surface area contributed by atoms with Gasteiger partial charge in [-0.3, -0.25) is 4.79 Å². The van der Waals surface area contributed by atoms with E-state index in [1.807, 2.05) is 55.5 Å². The summed E-state index contributed by atoms with van der Waals surface area (Å²) in [5.74, 6) is 0.146. The lowest BCUT2D eigenvalue weighted by molar-refractivity contribution is 0.0949. The smallest absolute Gasteiger partial charge is 0.291 e. The summed E-state index contributed by atoms with van der Waals surface area (Å²) in [7, 11) is 0. The SMILES string of the molecule is Cc1cccc(-n2nc(C(=O)N/N=C\c3ccco3)cc2-c2cccc3ccccc23)c1. The van der Waals surface area contributed by atoms with Crippen LogP contribution in [0.5, 0.6) is 0 Å². The van der Waals surface area contributed by atoms with E-state index in [0.29, 0.717) is 5.76 Å². The van der Waals surface area contributed by atoms with Crippen LogP contribution in [0.25, 0.3) is 27.7 Å². The largest absolute Gasteiger partial charge is 0.463 e. The number of carbonyl (C=O) groups excluding carboxylic acids is 1. The average molecular weight is 420 g/mol. The van der Waals surface area contributed by atoms with Crippen LogP contribution >= 0.6 is 0 Å². The summed E-state index contributed by atoms with van der Waals surface area (Å²) in [5, 5.41) is 10.8. The van der Waals surface area contributed by atoms with Gasteiger partial charge >= 0.3 is 0 Å². The quantitative estimate of drug-likeness (QED) is 0.307. The van der Waals surface area contributed by atoms with Crippen molar-refractivity contribution in [2.75, 3.05) is 0 Å². The lowest BCUT2D eigenvalue weighted by atomic mass is 10.0. The van der Waals surface area contributed by atoms with E-state index in [1.54, 1.807) is 29.1 Å². The molecule has 6 heteroatoms. The van der Waals surface area contributed by atoms with Crippen molar-refractivity contribution in [2.24, 2.45) is 5.10 Å². The van der Waals surface area contributed by atoms with E-state index in [-0.39, 0.29) is 5.69 Å². The zero-order valence-corrected chi connectivity index (χ0v) is 17.4. The van der Waals surface area contributed by atoms with E-state index in [9.17, 15) is 4.79 Å². The van der Waals surface area contributed by atoms with E-state index in [1.165, 1.54) is 6.21 Å². The number of hydrazone groups is 1. The number of hydrogen-bond donors (Lipinski definition) is 1. The van der Waals surface area contributed by atoms with Gasteiger partial charge in [0, 0.05) is 5.56 Å². The number of aromatic nitrogens is 2. The van der Waals surface area contributed by atoms with Crippen molar-refractivity contribution in [3.8, 4) is 16.9 Å². The molecule has 0 saturated carbocycles. The molecule has 1 N–H and O–H groups in total. The van der Waals surface area contributed by atoms with E-state index in [4.69, 9.17) is 4.42 Å². The molecule has 2 heterocycles. The third-order valence-corrected chi connectivity index (χ3v) is 5.15. The molecule has 0 radical (unpaired) electrons. The molecule has 2 aromatic heterocycles. The predicted molar refractivity (Wildman–Crippen MR) is 125 cm³/mol. The highest BCUT2D eigenvalue weighted by Gasteiger charge is 2.18. The Hall–Kier alpha value is -4.45. The van der Waals surface area contributed by atoms with Gasteiger partial charge in [0.05, 0.1) is 23.9 Å². The Bertz CT molecular complexity index is 1430. The lowest BCUT2D eigenvalue weighted by Crippen LogP contribution is -2.18. The number of amides is 1. The van der Waals surface area contributed by atoms with Crippen molar-refractivity contribution in [2.45, 2.75) is 6.92 Å². The molecule has 0 aliphatic carbocycles. The minimum atomic E-state index is -0.402. The van der Waals surface area contributed by atoms with Crippen molar-refractivity contribution >= 4 is 22.9 Å². The van der Waals surface area contributed by atoms with Gasteiger partial charge in [-0.15, -0.1) is 0 Å². The lowest BCUT2D eigenvalue weighted by Gasteiger charge is -2.10. The van der Waals surface area contributed by atoms with Gasteiger partial charge in [0.15, 0.2) is 5.69 Å². The Morgan fingerprint density at radius 1 is 1.00 bits per heavy atom. The van der Waals surface area contributed by atoms with Gasteiger partial charge in [0.2, 0.25) is 0 Å². The molecule has 5 rings (SSSR count). The minimum Gasteiger partial charge on any atom is -0.463 e. The summed E-state index contributed by atoms with van der Waals surface area (Å²) < 4.78 is 7.00. The fourth-order valence-corrected chi connectivity index (χ4v) is 3.67. The second-order valence-electron chi connectivity index (χ2n) is 7.41. The predicted octanol–water partition coefficient (Wildman–Crippen LogP) is 5.36. The van der Waals surface area contributed by atoms with Crippen LogP contribution in [0.15, 0.2) is 101 Å². The summed E-state index contributed by atoms with van der Waals surface area (Å²) in [5.41, 5.74) is 6.60. The molecule has 0 unspecified atom stereocenters. The number of hydrogen-bond acceptors (Lipinski definition) is 4. The van der Waals surface area contributed by atoms with Crippen LogP contribution in [-0.4, -0.2) is 21.9 Å². The number of nitrogens with zero attached hydrogens (tertiary/aromatic N) is 3. The summed E-state index contributed by atoms with van der Waals surface area (Å²) in [6, 6.07) is 27.6. The van der Waals surface area contributed by atoms with Crippen LogP contribution in [0.2, 0.25) is 0 Å². The van der Waals surface area contributed by atoms with Gasteiger partial charge < -0.3 is 4.42 Å². The summed E-state index contributed by atoms with van der Waals surface area (Å²) >= 11 is 0. The van der Waals surface area contributed by atoms with Gasteiger partial charge in [-0.1, -0.05) is 54.6 Å². The first-order valence-electron chi connectivity index (χ1n) is 10.2. The number of rotatable bonds is 5. The molecule has 6 nitrogen and oxygen atoms in total. The van der Waals surface area contributed by atoms with Crippen molar-refractivity contribution in [1.82, 2.24) is 15.2 Å². The van der Waals surface area contributed by atoms with Gasteiger partial charge in [-0.2, -0.15) is 10.2 Å². The number of benzene rings is 3. The van der Waals surface area contributed by atoms with E-state index >= 15 is 0 Å². The van der Waals surface area contributed by atoms with Crippen LogP contribution in [0.3, 0.4) is 0 Å². The first kappa shape index (κ1) is 19.5. The molecular weight excluding hydrogens is 400 g/mol. The number of carbonyl (C=O) groups is 1. The van der Waals surface area contributed by atoms with Gasteiger partial charge in [0.1, 0.15) is 5.76 Å². The standard InChI is InChI=1S/C26H20N4O2/c1-18-7-4-10-20(15-18)30-25(23-13-5-9-19-8-2-3-12-22(19)23)16-24(29-30)26(31)28-27-17-21-11-6-14-32-21/h2-17H,1H3,(H,28,31)/b27-17-. The summed E-state index contributed by atoms with van der Waals surface area (Å²) in [6.45, 7) is 2.03. The van der Waals surface area contributed by atoms with Crippen LogP contribution in [0.1, 0.15) is 21.8 Å². The van der Waals surface area contributed by atoms with Crippen molar-refractivity contribution in [1.29, 1.82) is 0 Å². The average Bonchev–Trinajstić information content (AvgIpc) is 3.49. The number of aryl methyl sites for hydroxylation is 1. The zero-order chi connectivity index (χ0) is 21.9. The fraction of sp³-hybridized carbons (Fsp3) is 0.0385. The Labute approximate surface area is 184 Å². The maximum Gasteiger partial charge on any atom is 0.291 e. The molecule has 5 aromatic rings. The number of furan rings is 1. The second kappa shape index (κ2) is 8.35. The maximum absolute atomic E-state index is 12.8. The molecular formula is C26H20N4O2.